The molecule has 10 heteroatoms. The molecule has 1 unspecified atom stereocenters. The van der Waals surface area contributed by atoms with Crippen LogP contribution in [0.1, 0.15) is 24.1 Å². The fraction of sp³-hybridized carbons (Fsp3) is 0.417. The number of carbonyl (C=O) groups is 1. The minimum absolute atomic E-state index is 0. The van der Waals surface area contributed by atoms with Crippen molar-refractivity contribution in [2.45, 2.75) is 25.3 Å². The Kier molecular flexibility index (Phi) is 7.53. The fourth-order valence-electron chi connectivity index (χ4n) is 1.54. The van der Waals surface area contributed by atoms with E-state index in [0.29, 0.717) is 12.1 Å². The van der Waals surface area contributed by atoms with E-state index in [1.54, 1.807) is 0 Å². The molecule has 2 N–H and O–H groups in total. The molecule has 0 radical (unpaired) electrons. The summed E-state index contributed by atoms with van der Waals surface area (Å²) in [5, 5.41) is -0.869. The van der Waals surface area contributed by atoms with Crippen molar-refractivity contribution in [3.63, 3.8) is 0 Å². The zero-order valence-electron chi connectivity index (χ0n) is 11.1. The molecule has 0 spiro atoms. The van der Waals surface area contributed by atoms with Crippen molar-refractivity contribution >= 4 is 30.0 Å². The summed E-state index contributed by atoms with van der Waals surface area (Å²) in [6, 6.07) is -1.30. The molecule has 2 atom stereocenters. The van der Waals surface area contributed by atoms with Gasteiger partial charge in [-0.2, -0.15) is 13.2 Å². The molecular formula is C12H12Cl2F5NO2. The lowest BCUT2D eigenvalue weighted by Crippen LogP contribution is -2.32. The SMILES string of the molecule is CCOC(=O)C(F)[C@H](N)c1cc(C(F)(F)F)cc(Cl)c1F.Cl. The number of hydrogen-bond donors (Lipinski definition) is 1. The van der Waals surface area contributed by atoms with Gasteiger partial charge < -0.3 is 10.5 Å². The van der Waals surface area contributed by atoms with Gasteiger partial charge in [-0.1, -0.05) is 11.6 Å². The number of hydrogen-bond acceptors (Lipinski definition) is 3. The lowest BCUT2D eigenvalue weighted by molar-refractivity contribution is -0.149. The third-order valence-electron chi connectivity index (χ3n) is 2.57. The van der Waals surface area contributed by atoms with E-state index in [-0.39, 0.29) is 19.0 Å². The summed E-state index contributed by atoms with van der Waals surface area (Å²) in [6.07, 6.45) is -7.33. The predicted octanol–water partition coefficient (Wildman–Crippen LogP) is 3.82. The van der Waals surface area contributed by atoms with E-state index in [2.05, 4.69) is 4.74 Å². The first-order valence-corrected chi connectivity index (χ1v) is 6.09. The second kappa shape index (κ2) is 7.94. The molecule has 0 saturated heterocycles. The molecule has 0 bridgehead atoms. The first kappa shape index (κ1) is 20.9. The van der Waals surface area contributed by atoms with Crippen molar-refractivity contribution in [2.24, 2.45) is 5.73 Å². The quantitative estimate of drug-likeness (QED) is 0.650. The Balaban J connectivity index is 0.00000441. The highest BCUT2D eigenvalue weighted by Gasteiger charge is 2.36. The number of nitrogens with two attached hydrogens (primary N) is 1. The molecule has 0 aliphatic heterocycles. The minimum atomic E-state index is -4.82. The predicted molar refractivity (Wildman–Crippen MR) is 72.1 cm³/mol. The summed E-state index contributed by atoms with van der Waals surface area (Å²) in [4.78, 5) is 11.2. The number of carbonyl (C=O) groups excluding carboxylic acids is 1. The van der Waals surface area contributed by atoms with Gasteiger partial charge in [-0.3, -0.25) is 0 Å². The number of benzene rings is 1. The summed E-state index contributed by atoms with van der Waals surface area (Å²) < 4.78 is 69.6. The van der Waals surface area contributed by atoms with Crippen molar-refractivity contribution in [1.29, 1.82) is 0 Å². The van der Waals surface area contributed by atoms with Gasteiger partial charge in [-0.15, -0.1) is 12.4 Å². The Morgan fingerprint density at radius 1 is 1.41 bits per heavy atom. The van der Waals surface area contributed by atoms with Crippen LogP contribution in [0.25, 0.3) is 0 Å². The van der Waals surface area contributed by atoms with Crippen LogP contribution >= 0.6 is 24.0 Å². The molecule has 22 heavy (non-hydrogen) atoms. The monoisotopic (exact) mass is 367 g/mol. The smallest absolute Gasteiger partial charge is 0.416 e. The molecular weight excluding hydrogens is 356 g/mol. The van der Waals surface area contributed by atoms with Gasteiger partial charge in [0.15, 0.2) is 0 Å². The largest absolute Gasteiger partial charge is 0.464 e. The molecule has 0 saturated carbocycles. The second-order valence-corrected chi connectivity index (χ2v) is 4.45. The zero-order chi connectivity index (χ0) is 16.4. The molecule has 1 aromatic carbocycles. The third kappa shape index (κ3) is 4.69. The molecule has 0 aliphatic rings. The van der Waals surface area contributed by atoms with E-state index in [0.717, 1.165) is 0 Å². The van der Waals surface area contributed by atoms with E-state index in [9.17, 15) is 26.7 Å². The number of halogens is 7. The highest BCUT2D eigenvalue weighted by Crippen LogP contribution is 2.35. The molecule has 0 heterocycles. The average molecular weight is 368 g/mol. The van der Waals surface area contributed by atoms with Gasteiger partial charge in [0.1, 0.15) is 5.82 Å². The first-order chi connectivity index (χ1) is 9.59. The van der Waals surface area contributed by atoms with Crippen LogP contribution < -0.4 is 5.73 Å². The average Bonchev–Trinajstić information content (AvgIpc) is 2.39. The van der Waals surface area contributed by atoms with Crippen molar-refractivity contribution in [3.8, 4) is 0 Å². The van der Waals surface area contributed by atoms with Crippen molar-refractivity contribution in [1.82, 2.24) is 0 Å². The third-order valence-corrected chi connectivity index (χ3v) is 2.84. The number of ether oxygens (including phenoxy) is 1. The number of esters is 1. The van der Waals surface area contributed by atoms with Gasteiger partial charge in [0.2, 0.25) is 6.17 Å². The maximum absolute atomic E-state index is 13.7. The highest BCUT2D eigenvalue weighted by molar-refractivity contribution is 6.30. The summed E-state index contributed by atoms with van der Waals surface area (Å²) in [7, 11) is 0. The van der Waals surface area contributed by atoms with Crippen LogP contribution in [0.5, 0.6) is 0 Å². The normalized spacial score (nSPS) is 14.0. The van der Waals surface area contributed by atoms with Gasteiger partial charge in [0, 0.05) is 5.56 Å². The maximum Gasteiger partial charge on any atom is 0.416 e. The lowest BCUT2D eigenvalue weighted by Gasteiger charge is -2.18. The van der Waals surface area contributed by atoms with E-state index in [1.165, 1.54) is 6.92 Å². The van der Waals surface area contributed by atoms with Crippen LogP contribution in [0.2, 0.25) is 5.02 Å². The summed E-state index contributed by atoms with van der Waals surface area (Å²) >= 11 is 5.35. The molecule has 0 fully saturated rings. The van der Waals surface area contributed by atoms with E-state index < -0.39 is 46.3 Å². The number of rotatable bonds is 4. The summed E-state index contributed by atoms with van der Waals surface area (Å²) in [5.74, 6) is -2.71. The topological polar surface area (TPSA) is 52.3 Å². The Hall–Kier alpha value is -1.12. The number of alkyl halides is 4. The Labute approximate surface area is 134 Å². The highest BCUT2D eigenvalue weighted by atomic mass is 35.5. The Bertz CT molecular complexity index is 539. The van der Waals surface area contributed by atoms with Crippen LogP contribution in [0.3, 0.4) is 0 Å². The molecule has 0 aliphatic carbocycles. The van der Waals surface area contributed by atoms with Crippen molar-refractivity contribution < 1.29 is 31.5 Å². The minimum Gasteiger partial charge on any atom is -0.464 e. The zero-order valence-corrected chi connectivity index (χ0v) is 12.7. The van der Waals surface area contributed by atoms with Gasteiger partial charge in [0.05, 0.1) is 23.2 Å². The van der Waals surface area contributed by atoms with Gasteiger partial charge in [-0.05, 0) is 19.1 Å². The van der Waals surface area contributed by atoms with Crippen molar-refractivity contribution in [3.05, 3.63) is 34.1 Å². The van der Waals surface area contributed by atoms with Gasteiger partial charge in [-0.25, -0.2) is 13.6 Å². The molecule has 0 amide bonds. The van der Waals surface area contributed by atoms with E-state index in [1.807, 2.05) is 0 Å². The van der Waals surface area contributed by atoms with Crippen LogP contribution in [0, 0.1) is 5.82 Å². The summed E-state index contributed by atoms with van der Waals surface area (Å²) in [6.45, 7) is 1.25. The second-order valence-electron chi connectivity index (χ2n) is 4.04. The fourth-order valence-corrected chi connectivity index (χ4v) is 1.77. The lowest BCUT2D eigenvalue weighted by atomic mass is 10.00. The molecule has 0 aromatic heterocycles. The van der Waals surface area contributed by atoms with Crippen LogP contribution in [-0.2, 0) is 15.7 Å². The van der Waals surface area contributed by atoms with Gasteiger partial charge in [0.25, 0.3) is 0 Å². The van der Waals surface area contributed by atoms with Crippen molar-refractivity contribution in [2.75, 3.05) is 6.61 Å². The Morgan fingerprint density at radius 2 is 1.95 bits per heavy atom. The van der Waals surface area contributed by atoms with E-state index >= 15 is 0 Å². The van der Waals surface area contributed by atoms with Gasteiger partial charge >= 0.3 is 12.1 Å². The Morgan fingerprint density at radius 3 is 2.41 bits per heavy atom. The molecule has 3 nitrogen and oxygen atoms in total. The molecule has 126 valence electrons. The standard InChI is InChI=1S/C12H11ClF5NO2.ClH/c1-2-21-11(20)9(15)10(19)6-3-5(12(16,17)18)4-7(13)8(6)14;/h3-4,9-10H,2,19H2,1H3;1H/t9?,10-;/m1./s1. The van der Waals surface area contributed by atoms with Crippen LogP contribution in [0.4, 0.5) is 22.0 Å². The maximum atomic E-state index is 13.7. The summed E-state index contributed by atoms with van der Waals surface area (Å²) in [5.41, 5.74) is 3.16. The van der Waals surface area contributed by atoms with Crippen LogP contribution in [-0.4, -0.2) is 18.7 Å². The molecule has 1 aromatic rings. The van der Waals surface area contributed by atoms with Crippen LogP contribution in [0.15, 0.2) is 12.1 Å². The molecule has 1 rings (SSSR count). The first-order valence-electron chi connectivity index (χ1n) is 5.72. The van der Waals surface area contributed by atoms with E-state index in [4.69, 9.17) is 17.3 Å².